The Hall–Kier alpha value is -1.85. The Morgan fingerprint density at radius 2 is 1.48 bits per heavy atom. The Kier molecular flexibility index (Phi) is 5.78. The van der Waals surface area contributed by atoms with Crippen LogP contribution in [0.5, 0.6) is 0 Å². The number of rotatable bonds is 8. The van der Waals surface area contributed by atoms with E-state index >= 15 is 0 Å². The molecule has 0 amide bonds. The number of para-hydroxylation sites is 1. The van der Waals surface area contributed by atoms with Crippen LogP contribution in [-0.4, -0.2) is 20.7 Å². The van der Waals surface area contributed by atoms with Gasteiger partial charge in [-0.25, -0.2) is 8.42 Å². The Bertz CT molecular complexity index is 628. The Morgan fingerprint density at radius 1 is 0.857 bits per heavy atom. The molecule has 4 nitrogen and oxygen atoms in total. The van der Waals surface area contributed by atoms with E-state index in [1.54, 1.807) is 24.3 Å². The largest absolute Gasteiger partial charge is 0.313 e. The van der Waals surface area contributed by atoms with Crippen LogP contribution in [0.15, 0.2) is 60.7 Å². The van der Waals surface area contributed by atoms with Crippen LogP contribution in [0.3, 0.4) is 0 Å². The number of hydrogen-bond acceptors (Lipinski definition) is 3. The van der Waals surface area contributed by atoms with Crippen LogP contribution < -0.4 is 10.0 Å². The highest BCUT2D eigenvalue weighted by molar-refractivity contribution is 7.92. The van der Waals surface area contributed by atoms with Crippen LogP contribution in [-0.2, 0) is 16.6 Å². The monoisotopic (exact) mass is 304 g/mol. The maximum absolute atomic E-state index is 11.9. The first-order chi connectivity index (χ1) is 10.2. The lowest BCUT2D eigenvalue weighted by atomic mass is 10.2. The molecule has 21 heavy (non-hydrogen) atoms. The quantitative estimate of drug-likeness (QED) is 0.737. The summed E-state index contributed by atoms with van der Waals surface area (Å²) in [5, 5.41) is 3.25. The third-order valence-corrected chi connectivity index (χ3v) is 4.36. The van der Waals surface area contributed by atoms with Gasteiger partial charge in [0.2, 0.25) is 10.0 Å². The molecular formula is C16H20N2O2S. The summed E-state index contributed by atoms with van der Waals surface area (Å²) >= 11 is 0. The van der Waals surface area contributed by atoms with Crippen molar-refractivity contribution < 1.29 is 8.42 Å². The van der Waals surface area contributed by atoms with Crippen molar-refractivity contribution >= 4 is 15.7 Å². The van der Waals surface area contributed by atoms with E-state index < -0.39 is 10.0 Å². The molecule has 0 saturated carbocycles. The minimum atomic E-state index is -3.27. The maximum atomic E-state index is 11.9. The zero-order valence-electron chi connectivity index (χ0n) is 11.8. The summed E-state index contributed by atoms with van der Waals surface area (Å²) in [5.41, 5.74) is 1.80. The lowest BCUT2D eigenvalue weighted by Crippen LogP contribution is -2.21. The van der Waals surface area contributed by atoms with E-state index in [9.17, 15) is 8.42 Å². The SMILES string of the molecule is O=S(=O)(CCCNCc1ccccc1)Nc1ccccc1. The molecule has 2 aromatic rings. The zero-order valence-corrected chi connectivity index (χ0v) is 12.6. The second kappa shape index (κ2) is 7.81. The Morgan fingerprint density at radius 3 is 2.14 bits per heavy atom. The van der Waals surface area contributed by atoms with Crippen LogP contribution in [0.2, 0.25) is 0 Å². The average molecular weight is 304 g/mol. The minimum Gasteiger partial charge on any atom is -0.313 e. The number of sulfonamides is 1. The first-order valence-corrected chi connectivity index (χ1v) is 8.61. The van der Waals surface area contributed by atoms with E-state index in [1.165, 1.54) is 5.56 Å². The van der Waals surface area contributed by atoms with Gasteiger partial charge in [0.1, 0.15) is 0 Å². The lowest BCUT2D eigenvalue weighted by molar-refractivity contribution is 0.593. The van der Waals surface area contributed by atoms with Crippen molar-refractivity contribution in [3.8, 4) is 0 Å². The van der Waals surface area contributed by atoms with Crippen molar-refractivity contribution in [2.75, 3.05) is 17.0 Å². The van der Waals surface area contributed by atoms with Crippen molar-refractivity contribution in [2.45, 2.75) is 13.0 Å². The highest BCUT2D eigenvalue weighted by Crippen LogP contribution is 2.08. The molecule has 2 aromatic carbocycles. The third-order valence-electron chi connectivity index (χ3n) is 2.99. The van der Waals surface area contributed by atoms with Gasteiger partial charge < -0.3 is 5.32 Å². The smallest absolute Gasteiger partial charge is 0.232 e. The second-order valence-electron chi connectivity index (χ2n) is 4.80. The summed E-state index contributed by atoms with van der Waals surface area (Å²) in [7, 11) is -3.27. The first kappa shape index (κ1) is 15.5. The van der Waals surface area contributed by atoms with Gasteiger partial charge in [-0.1, -0.05) is 48.5 Å². The number of nitrogens with one attached hydrogen (secondary N) is 2. The van der Waals surface area contributed by atoms with Crippen LogP contribution in [0.25, 0.3) is 0 Å². The fraction of sp³-hybridized carbons (Fsp3) is 0.250. The molecule has 0 radical (unpaired) electrons. The maximum Gasteiger partial charge on any atom is 0.232 e. The van der Waals surface area contributed by atoms with E-state index in [-0.39, 0.29) is 5.75 Å². The van der Waals surface area contributed by atoms with Gasteiger partial charge in [0.15, 0.2) is 0 Å². The molecule has 0 aliphatic rings. The topological polar surface area (TPSA) is 58.2 Å². The molecule has 5 heteroatoms. The van der Waals surface area contributed by atoms with E-state index in [0.717, 1.165) is 6.54 Å². The van der Waals surface area contributed by atoms with Gasteiger partial charge >= 0.3 is 0 Å². The minimum absolute atomic E-state index is 0.115. The summed E-state index contributed by atoms with van der Waals surface area (Å²) in [4.78, 5) is 0. The standard InChI is InChI=1S/C16H20N2O2S/c19-21(20,18-16-10-5-2-6-11-16)13-7-12-17-14-15-8-3-1-4-9-15/h1-6,8-11,17-18H,7,12-14H2. The van der Waals surface area contributed by atoms with Crippen LogP contribution >= 0.6 is 0 Å². The fourth-order valence-corrected chi connectivity index (χ4v) is 3.07. The highest BCUT2D eigenvalue weighted by Gasteiger charge is 2.09. The molecule has 0 aliphatic heterocycles. The van der Waals surface area contributed by atoms with Crippen molar-refractivity contribution in [1.82, 2.24) is 5.32 Å². The normalized spacial score (nSPS) is 11.2. The molecule has 0 fully saturated rings. The summed E-state index contributed by atoms with van der Waals surface area (Å²) in [6.45, 7) is 1.43. The summed E-state index contributed by atoms with van der Waals surface area (Å²) in [6, 6.07) is 19.0. The van der Waals surface area contributed by atoms with Gasteiger partial charge in [0.25, 0.3) is 0 Å². The van der Waals surface area contributed by atoms with Gasteiger partial charge in [0, 0.05) is 12.2 Å². The number of anilines is 1. The number of hydrogen-bond donors (Lipinski definition) is 2. The molecule has 2 rings (SSSR count). The number of benzene rings is 2. The Balaban J connectivity index is 1.68. The van der Waals surface area contributed by atoms with Crippen LogP contribution in [0, 0.1) is 0 Å². The van der Waals surface area contributed by atoms with Gasteiger partial charge in [0.05, 0.1) is 5.75 Å². The van der Waals surface area contributed by atoms with Gasteiger partial charge in [-0.3, -0.25) is 4.72 Å². The molecule has 0 aliphatic carbocycles. The van der Waals surface area contributed by atoms with E-state index in [0.29, 0.717) is 18.7 Å². The summed E-state index contributed by atoms with van der Waals surface area (Å²) in [5.74, 6) is 0.115. The lowest BCUT2D eigenvalue weighted by Gasteiger charge is -2.08. The fourth-order valence-electron chi connectivity index (χ4n) is 1.95. The van der Waals surface area contributed by atoms with Gasteiger partial charge in [-0.2, -0.15) is 0 Å². The van der Waals surface area contributed by atoms with E-state index in [4.69, 9.17) is 0 Å². The summed E-state index contributed by atoms with van der Waals surface area (Å²) < 4.78 is 26.4. The van der Waals surface area contributed by atoms with E-state index in [2.05, 4.69) is 10.0 Å². The molecule has 0 saturated heterocycles. The zero-order chi connectivity index (χ0) is 15.0. The van der Waals surface area contributed by atoms with Crippen LogP contribution in [0.4, 0.5) is 5.69 Å². The van der Waals surface area contributed by atoms with Crippen molar-refractivity contribution in [2.24, 2.45) is 0 Å². The molecule has 0 unspecified atom stereocenters. The predicted octanol–water partition coefficient (Wildman–Crippen LogP) is 2.61. The molecule has 0 aromatic heterocycles. The molecule has 0 heterocycles. The van der Waals surface area contributed by atoms with Crippen molar-refractivity contribution in [3.05, 3.63) is 66.2 Å². The van der Waals surface area contributed by atoms with Gasteiger partial charge in [-0.05, 0) is 30.7 Å². The highest BCUT2D eigenvalue weighted by atomic mass is 32.2. The second-order valence-corrected chi connectivity index (χ2v) is 6.64. The Labute approximate surface area is 126 Å². The average Bonchev–Trinajstić information content (AvgIpc) is 2.48. The molecular weight excluding hydrogens is 284 g/mol. The first-order valence-electron chi connectivity index (χ1n) is 6.96. The van der Waals surface area contributed by atoms with Gasteiger partial charge in [-0.15, -0.1) is 0 Å². The summed E-state index contributed by atoms with van der Waals surface area (Å²) in [6.07, 6.45) is 0.578. The molecule has 112 valence electrons. The van der Waals surface area contributed by atoms with Crippen molar-refractivity contribution in [1.29, 1.82) is 0 Å². The van der Waals surface area contributed by atoms with Crippen LogP contribution in [0.1, 0.15) is 12.0 Å². The molecule has 0 bridgehead atoms. The molecule has 0 spiro atoms. The molecule has 2 N–H and O–H groups in total. The molecule has 0 atom stereocenters. The van der Waals surface area contributed by atoms with E-state index in [1.807, 2.05) is 36.4 Å². The predicted molar refractivity (Wildman–Crippen MR) is 86.6 cm³/mol. The third kappa shape index (κ3) is 5.97. The van der Waals surface area contributed by atoms with Crippen molar-refractivity contribution in [3.63, 3.8) is 0 Å².